The molecule has 37 heavy (non-hydrogen) atoms. The van der Waals surface area contributed by atoms with Crippen LogP contribution >= 0.6 is 11.8 Å². The summed E-state index contributed by atoms with van der Waals surface area (Å²) in [5, 5.41) is 2.76. The molecule has 8 heteroatoms. The van der Waals surface area contributed by atoms with Gasteiger partial charge < -0.3 is 10.2 Å². The van der Waals surface area contributed by atoms with E-state index in [-0.39, 0.29) is 17.6 Å². The minimum absolute atomic E-state index is 0.0378. The maximum Gasteiger partial charge on any atom is 0.283 e. The van der Waals surface area contributed by atoms with Crippen LogP contribution in [0, 0.1) is 0 Å². The Kier molecular flexibility index (Phi) is 7.89. The number of benzene rings is 3. The van der Waals surface area contributed by atoms with Gasteiger partial charge in [0.25, 0.3) is 5.91 Å². The Morgan fingerprint density at radius 1 is 0.973 bits per heavy atom. The second-order valence-electron chi connectivity index (χ2n) is 8.77. The van der Waals surface area contributed by atoms with Crippen molar-refractivity contribution in [1.29, 1.82) is 0 Å². The molecule has 0 aliphatic carbocycles. The molecule has 0 fully saturated rings. The van der Waals surface area contributed by atoms with Crippen molar-refractivity contribution in [3.05, 3.63) is 95.7 Å². The summed E-state index contributed by atoms with van der Waals surface area (Å²) in [5.41, 5.74) is 4.06. The molecule has 2 amide bonds. The zero-order chi connectivity index (χ0) is 26.5. The third-order valence-corrected chi connectivity index (χ3v) is 6.82. The molecule has 0 saturated heterocycles. The minimum Gasteiger partial charge on any atom is -0.378 e. The lowest BCUT2D eigenvalue weighted by molar-refractivity contribution is -0.115. The number of nitrogens with one attached hydrogen (secondary N) is 1. The first-order chi connectivity index (χ1) is 17.7. The highest BCUT2D eigenvalue weighted by Crippen LogP contribution is 2.31. The Morgan fingerprint density at radius 3 is 2.22 bits per heavy atom. The van der Waals surface area contributed by atoms with Gasteiger partial charge in [-0.05, 0) is 74.0 Å². The summed E-state index contributed by atoms with van der Waals surface area (Å²) in [5.74, 6) is -0.525. The van der Waals surface area contributed by atoms with E-state index in [4.69, 9.17) is 0 Å². The van der Waals surface area contributed by atoms with Crippen LogP contribution in [-0.2, 0) is 9.59 Å². The van der Waals surface area contributed by atoms with E-state index in [1.54, 1.807) is 37.3 Å². The summed E-state index contributed by atoms with van der Waals surface area (Å²) in [4.78, 5) is 46.0. The lowest BCUT2D eigenvalue weighted by atomic mass is 10.1. The molecule has 4 rings (SSSR count). The van der Waals surface area contributed by atoms with E-state index in [2.05, 4.69) is 10.3 Å². The number of para-hydroxylation sites is 1. The summed E-state index contributed by atoms with van der Waals surface area (Å²) in [6, 6.07) is 23.9. The molecule has 1 N–H and O–H groups in total. The van der Waals surface area contributed by atoms with Gasteiger partial charge >= 0.3 is 0 Å². The molecule has 0 saturated carbocycles. The molecule has 1 unspecified atom stereocenters. The fourth-order valence-corrected chi connectivity index (χ4v) is 4.58. The predicted molar refractivity (Wildman–Crippen MR) is 152 cm³/mol. The van der Waals surface area contributed by atoms with Crippen LogP contribution in [0.4, 0.5) is 17.1 Å². The first-order valence-electron chi connectivity index (χ1n) is 11.8. The number of aliphatic imine (C=N–C) groups is 1. The van der Waals surface area contributed by atoms with Gasteiger partial charge in [-0.2, -0.15) is 0 Å². The number of Topliss-reactive ketones (excluding diaryl/α,β-unsaturated/α-hetero) is 1. The molecule has 7 nitrogen and oxygen atoms in total. The summed E-state index contributed by atoms with van der Waals surface area (Å²) in [7, 11) is 3.94. The number of thioether (sulfide) groups is 1. The largest absolute Gasteiger partial charge is 0.378 e. The maximum absolute atomic E-state index is 13.4. The maximum atomic E-state index is 13.4. The highest BCUT2D eigenvalue weighted by molar-refractivity contribution is 8.15. The van der Waals surface area contributed by atoms with E-state index < -0.39 is 5.25 Å². The van der Waals surface area contributed by atoms with E-state index in [1.807, 2.05) is 73.6 Å². The Bertz CT molecular complexity index is 1360. The zero-order valence-electron chi connectivity index (χ0n) is 21.1. The third kappa shape index (κ3) is 6.16. The van der Waals surface area contributed by atoms with Crippen LogP contribution in [0.1, 0.15) is 29.8 Å². The number of amidine groups is 1. The third-order valence-electron chi connectivity index (χ3n) is 5.77. The number of carbonyl (C=O) groups excluding carboxylic acids is 3. The van der Waals surface area contributed by atoms with Gasteiger partial charge in [0.15, 0.2) is 11.0 Å². The van der Waals surface area contributed by atoms with Gasteiger partial charge in [-0.15, -0.1) is 0 Å². The van der Waals surface area contributed by atoms with E-state index >= 15 is 0 Å². The van der Waals surface area contributed by atoms with Gasteiger partial charge in [0.1, 0.15) is 5.70 Å². The van der Waals surface area contributed by atoms with Crippen LogP contribution in [0.5, 0.6) is 0 Å². The van der Waals surface area contributed by atoms with E-state index in [0.29, 0.717) is 27.8 Å². The average Bonchev–Trinajstić information content (AvgIpc) is 3.19. The second kappa shape index (κ2) is 11.3. The molecule has 1 heterocycles. The smallest absolute Gasteiger partial charge is 0.283 e. The Balaban J connectivity index is 1.56. The van der Waals surface area contributed by atoms with Gasteiger partial charge in [-0.1, -0.05) is 42.1 Å². The number of hydrogen-bond donors (Lipinski definition) is 1. The summed E-state index contributed by atoms with van der Waals surface area (Å²) >= 11 is 1.21. The molecular weight excluding hydrogens is 484 g/mol. The average molecular weight is 513 g/mol. The van der Waals surface area contributed by atoms with Crippen LogP contribution < -0.4 is 15.1 Å². The number of amides is 2. The van der Waals surface area contributed by atoms with Crippen LogP contribution in [0.2, 0.25) is 0 Å². The van der Waals surface area contributed by atoms with Crippen LogP contribution in [0.15, 0.2) is 89.6 Å². The highest BCUT2D eigenvalue weighted by Gasteiger charge is 2.34. The minimum atomic E-state index is -0.538. The second-order valence-corrected chi connectivity index (χ2v) is 10.1. The first kappa shape index (κ1) is 25.9. The molecule has 0 aromatic heterocycles. The highest BCUT2D eigenvalue weighted by atomic mass is 32.2. The van der Waals surface area contributed by atoms with Gasteiger partial charge in [-0.25, -0.2) is 4.99 Å². The van der Waals surface area contributed by atoms with Gasteiger partial charge in [0.2, 0.25) is 5.91 Å². The number of anilines is 3. The first-order valence-corrected chi connectivity index (χ1v) is 12.7. The number of carbonyl (C=O) groups is 3. The Morgan fingerprint density at radius 2 is 1.62 bits per heavy atom. The van der Waals surface area contributed by atoms with Crippen molar-refractivity contribution in [2.75, 3.05) is 29.2 Å². The predicted octanol–water partition coefficient (Wildman–Crippen LogP) is 5.46. The quantitative estimate of drug-likeness (QED) is 0.336. The lowest BCUT2D eigenvalue weighted by Crippen LogP contribution is -2.33. The van der Waals surface area contributed by atoms with E-state index in [9.17, 15) is 14.4 Å². The number of hydrogen-bond acceptors (Lipinski definition) is 6. The van der Waals surface area contributed by atoms with Crippen molar-refractivity contribution in [2.45, 2.75) is 19.1 Å². The topological polar surface area (TPSA) is 82.1 Å². The molecule has 3 aromatic carbocycles. The molecule has 3 aromatic rings. The van der Waals surface area contributed by atoms with Crippen molar-refractivity contribution in [3.63, 3.8) is 0 Å². The van der Waals surface area contributed by atoms with Crippen LogP contribution in [0.3, 0.4) is 0 Å². The standard InChI is InChI=1S/C29H28N4O3S/c1-19(34)22-12-14-23(15-13-22)30-27(35)20(2)37-29-31-26(18-21-10-16-24(17-11-21)32(3)4)28(36)33(29)25-8-6-5-7-9-25/h5-18,20H,1-4H3,(H,30,35)/b26-18+. The molecule has 1 aliphatic heterocycles. The summed E-state index contributed by atoms with van der Waals surface area (Å²) < 4.78 is 0. The molecular formula is C29H28N4O3S. The summed E-state index contributed by atoms with van der Waals surface area (Å²) in [6.45, 7) is 3.26. The van der Waals surface area contributed by atoms with Gasteiger partial charge in [-0.3, -0.25) is 19.3 Å². The zero-order valence-corrected chi connectivity index (χ0v) is 22.0. The molecule has 0 radical (unpaired) electrons. The number of rotatable bonds is 7. The van der Waals surface area contributed by atoms with E-state index in [1.165, 1.54) is 23.6 Å². The van der Waals surface area contributed by atoms with Crippen LogP contribution in [0.25, 0.3) is 6.08 Å². The van der Waals surface area contributed by atoms with Crippen molar-refractivity contribution in [2.24, 2.45) is 4.99 Å². The van der Waals surface area contributed by atoms with Gasteiger partial charge in [0, 0.05) is 31.0 Å². The van der Waals surface area contributed by atoms with Crippen molar-refractivity contribution in [3.8, 4) is 0 Å². The molecule has 0 spiro atoms. The SMILES string of the molecule is CC(=O)c1ccc(NC(=O)C(C)SC2=N/C(=C/c3ccc(N(C)C)cc3)C(=O)N2c2ccccc2)cc1. The Labute approximate surface area is 220 Å². The molecule has 188 valence electrons. The monoisotopic (exact) mass is 512 g/mol. The summed E-state index contributed by atoms with van der Waals surface area (Å²) in [6.07, 6.45) is 1.76. The van der Waals surface area contributed by atoms with Crippen molar-refractivity contribution in [1.82, 2.24) is 0 Å². The molecule has 0 bridgehead atoms. The normalized spacial score (nSPS) is 14.9. The van der Waals surface area contributed by atoms with E-state index in [0.717, 1.165) is 11.3 Å². The van der Waals surface area contributed by atoms with Gasteiger partial charge in [0.05, 0.1) is 10.9 Å². The van der Waals surface area contributed by atoms with Crippen molar-refractivity contribution < 1.29 is 14.4 Å². The fourth-order valence-electron chi connectivity index (χ4n) is 3.65. The van der Waals surface area contributed by atoms with Crippen LogP contribution in [-0.4, -0.2) is 42.1 Å². The molecule has 1 atom stereocenters. The van der Waals surface area contributed by atoms with Crippen molar-refractivity contribution >= 4 is 57.7 Å². The Hall–Kier alpha value is -4.17. The number of ketones is 1. The molecule has 1 aliphatic rings. The number of nitrogens with zero attached hydrogens (tertiary/aromatic N) is 3. The lowest BCUT2D eigenvalue weighted by Gasteiger charge is -2.20. The fraction of sp³-hybridized carbons (Fsp3) is 0.172.